The van der Waals surface area contributed by atoms with Gasteiger partial charge >= 0.3 is 0 Å². The molecule has 0 aromatic heterocycles. The van der Waals surface area contributed by atoms with E-state index in [2.05, 4.69) is 9.80 Å². The van der Waals surface area contributed by atoms with Crippen molar-refractivity contribution in [1.29, 1.82) is 0 Å². The first-order chi connectivity index (χ1) is 7.74. The van der Waals surface area contributed by atoms with Gasteiger partial charge in [-0.3, -0.25) is 9.69 Å². The van der Waals surface area contributed by atoms with E-state index < -0.39 is 0 Å². The molecule has 16 heavy (non-hydrogen) atoms. The Morgan fingerprint density at radius 2 is 1.69 bits per heavy atom. The van der Waals surface area contributed by atoms with Crippen molar-refractivity contribution < 1.29 is 4.79 Å². The van der Waals surface area contributed by atoms with Crippen molar-refractivity contribution in [2.24, 2.45) is 5.92 Å². The number of hydrogen-bond acceptors (Lipinski definition) is 3. The van der Waals surface area contributed by atoms with Gasteiger partial charge in [-0.2, -0.15) is 0 Å². The topological polar surface area (TPSA) is 23.6 Å². The smallest absolute Gasteiger partial charge is 0.143 e. The van der Waals surface area contributed by atoms with E-state index in [4.69, 9.17) is 0 Å². The van der Waals surface area contributed by atoms with Crippen LogP contribution in [0.15, 0.2) is 0 Å². The number of carbonyl (C=O) groups excluding carboxylic acids is 1. The van der Waals surface area contributed by atoms with Crippen molar-refractivity contribution in [2.45, 2.75) is 32.6 Å². The first kappa shape index (κ1) is 12.1. The zero-order valence-corrected chi connectivity index (χ0v) is 10.5. The average Bonchev–Trinajstić information content (AvgIpc) is 2.73. The Bertz CT molecular complexity index is 228. The van der Waals surface area contributed by atoms with Crippen molar-refractivity contribution >= 4 is 5.78 Å². The Hall–Kier alpha value is -0.410. The van der Waals surface area contributed by atoms with E-state index in [-0.39, 0.29) is 0 Å². The molecule has 0 spiro atoms. The molecular weight excluding hydrogens is 200 g/mol. The summed E-state index contributed by atoms with van der Waals surface area (Å²) >= 11 is 0. The Morgan fingerprint density at radius 3 is 2.25 bits per heavy atom. The Labute approximate surface area is 98.8 Å². The van der Waals surface area contributed by atoms with Crippen LogP contribution in [-0.4, -0.2) is 54.9 Å². The molecule has 0 aliphatic carbocycles. The molecular formula is C13H24N2O. The van der Waals surface area contributed by atoms with E-state index in [9.17, 15) is 4.79 Å². The van der Waals surface area contributed by atoms with Gasteiger partial charge in [-0.25, -0.2) is 0 Å². The lowest BCUT2D eigenvalue weighted by atomic mass is 9.96. The highest BCUT2D eigenvalue weighted by Gasteiger charge is 2.22. The molecule has 2 rings (SSSR count). The molecule has 2 saturated heterocycles. The van der Waals surface area contributed by atoms with E-state index in [1.54, 1.807) is 6.92 Å². The lowest BCUT2D eigenvalue weighted by molar-refractivity contribution is -0.118. The SMILES string of the molecule is CC(=O)CN1CCC(CN2CCCC2)CC1. The third kappa shape index (κ3) is 3.56. The van der Waals surface area contributed by atoms with E-state index in [1.807, 2.05) is 0 Å². The third-order valence-electron chi connectivity index (χ3n) is 3.87. The summed E-state index contributed by atoms with van der Waals surface area (Å²) < 4.78 is 0. The minimum Gasteiger partial charge on any atom is -0.303 e. The summed E-state index contributed by atoms with van der Waals surface area (Å²) in [5, 5.41) is 0. The Balaban J connectivity index is 1.66. The molecule has 0 amide bonds. The van der Waals surface area contributed by atoms with Crippen LogP contribution in [0.1, 0.15) is 32.6 Å². The van der Waals surface area contributed by atoms with Crippen LogP contribution in [0.25, 0.3) is 0 Å². The van der Waals surface area contributed by atoms with Gasteiger partial charge in [0, 0.05) is 6.54 Å². The Morgan fingerprint density at radius 1 is 1.06 bits per heavy atom. The van der Waals surface area contributed by atoms with Gasteiger partial charge in [0.1, 0.15) is 5.78 Å². The fourth-order valence-electron chi connectivity index (χ4n) is 2.97. The monoisotopic (exact) mass is 224 g/mol. The molecule has 0 atom stereocenters. The molecule has 2 aliphatic heterocycles. The van der Waals surface area contributed by atoms with Crippen LogP contribution < -0.4 is 0 Å². The van der Waals surface area contributed by atoms with Crippen molar-refractivity contribution in [3.8, 4) is 0 Å². The second-order valence-electron chi connectivity index (χ2n) is 5.43. The van der Waals surface area contributed by atoms with E-state index >= 15 is 0 Å². The van der Waals surface area contributed by atoms with Crippen molar-refractivity contribution in [1.82, 2.24) is 9.80 Å². The lowest BCUT2D eigenvalue weighted by Gasteiger charge is -2.33. The summed E-state index contributed by atoms with van der Waals surface area (Å²) in [5.74, 6) is 1.18. The number of likely N-dealkylation sites (tertiary alicyclic amines) is 2. The molecule has 0 radical (unpaired) electrons. The van der Waals surface area contributed by atoms with Gasteiger partial charge in [0.25, 0.3) is 0 Å². The maximum Gasteiger partial charge on any atom is 0.143 e. The first-order valence-electron chi connectivity index (χ1n) is 6.68. The summed E-state index contributed by atoms with van der Waals surface area (Å²) in [6.07, 6.45) is 5.35. The zero-order chi connectivity index (χ0) is 11.4. The number of ketones is 1. The molecule has 2 fully saturated rings. The van der Waals surface area contributed by atoms with Crippen LogP contribution in [0.2, 0.25) is 0 Å². The summed E-state index contributed by atoms with van der Waals surface area (Å²) in [7, 11) is 0. The number of Topliss-reactive ketones (excluding diaryl/α,β-unsaturated/α-hetero) is 1. The van der Waals surface area contributed by atoms with Crippen molar-refractivity contribution in [3.63, 3.8) is 0 Å². The zero-order valence-electron chi connectivity index (χ0n) is 10.5. The number of hydrogen-bond donors (Lipinski definition) is 0. The number of piperidine rings is 1. The quantitative estimate of drug-likeness (QED) is 0.721. The Kier molecular flexibility index (Phi) is 4.36. The van der Waals surface area contributed by atoms with Crippen LogP contribution in [0, 0.1) is 5.92 Å². The molecule has 3 nitrogen and oxygen atoms in total. The average molecular weight is 224 g/mol. The molecule has 2 aliphatic rings. The van der Waals surface area contributed by atoms with Crippen molar-refractivity contribution in [2.75, 3.05) is 39.3 Å². The number of carbonyl (C=O) groups is 1. The molecule has 0 aromatic rings. The van der Waals surface area contributed by atoms with Crippen LogP contribution in [0.5, 0.6) is 0 Å². The predicted octanol–water partition coefficient (Wildman–Crippen LogP) is 1.38. The minimum absolute atomic E-state index is 0.304. The summed E-state index contributed by atoms with van der Waals surface area (Å²) in [6, 6.07) is 0. The first-order valence-corrected chi connectivity index (χ1v) is 6.68. The second kappa shape index (κ2) is 5.78. The second-order valence-corrected chi connectivity index (χ2v) is 5.43. The van der Waals surface area contributed by atoms with Gasteiger partial charge in [0.15, 0.2) is 0 Å². The maximum atomic E-state index is 11.0. The molecule has 0 N–H and O–H groups in total. The van der Waals surface area contributed by atoms with E-state index in [1.165, 1.54) is 45.3 Å². The maximum absolute atomic E-state index is 11.0. The van der Waals surface area contributed by atoms with Gasteiger partial charge in [0.05, 0.1) is 6.54 Å². The summed E-state index contributed by atoms with van der Waals surface area (Å²) in [6.45, 7) is 8.53. The van der Waals surface area contributed by atoms with Crippen molar-refractivity contribution in [3.05, 3.63) is 0 Å². The standard InChI is InChI=1S/C13H24N2O/c1-12(16)10-15-8-4-13(5-9-15)11-14-6-2-3-7-14/h13H,2-11H2,1H3. The fraction of sp³-hybridized carbons (Fsp3) is 0.923. The highest BCUT2D eigenvalue weighted by atomic mass is 16.1. The number of rotatable bonds is 4. The minimum atomic E-state index is 0.304. The summed E-state index contributed by atoms with van der Waals surface area (Å²) in [5.41, 5.74) is 0. The highest BCUT2D eigenvalue weighted by molar-refractivity contribution is 5.77. The third-order valence-corrected chi connectivity index (χ3v) is 3.87. The van der Waals surface area contributed by atoms with Crippen LogP contribution in [0.3, 0.4) is 0 Å². The fourth-order valence-corrected chi connectivity index (χ4v) is 2.97. The largest absolute Gasteiger partial charge is 0.303 e. The molecule has 92 valence electrons. The van der Waals surface area contributed by atoms with E-state index in [0.717, 1.165) is 19.0 Å². The van der Waals surface area contributed by atoms with Gasteiger partial charge in [-0.05, 0) is 64.7 Å². The molecule has 0 saturated carbocycles. The van der Waals surface area contributed by atoms with Crippen LogP contribution >= 0.6 is 0 Å². The van der Waals surface area contributed by atoms with Gasteiger partial charge < -0.3 is 4.90 Å². The van der Waals surface area contributed by atoms with Gasteiger partial charge in [-0.15, -0.1) is 0 Å². The predicted molar refractivity (Wildman–Crippen MR) is 65.5 cm³/mol. The number of nitrogens with zero attached hydrogens (tertiary/aromatic N) is 2. The highest BCUT2D eigenvalue weighted by Crippen LogP contribution is 2.20. The molecule has 2 heterocycles. The van der Waals surface area contributed by atoms with Crippen LogP contribution in [-0.2, 0) is 4.79 Å². The van der Waals surface area contributed by atoms with Crippen LogP contribution in [0.4, 0.5) is 0 Å². The summed E-state index contributed by atoms with van der Waals surface area (Å²) in [4.78, 5) is 15.9. The van der Waals surface area contributed by atoms with E-state index in [0.29, 0.717) is 12.3 Å². The van der Waals surface area contributed by atoms with Gasteiger partial charge in [-0.1, -0.05) is 0 Å². The molecule has 3 heteroatoms. The molecule has 0 aromatic carbocycles. The normalized spacial score (nSPS) is 25.1. The van der Waals surface area contributed by atoms with Gasteiger partial charge in [0.2, 0.25) is 0 Å². The lowest BCUT2D eigenvalue weighted by Crippen LogP contribution is -2.39. The molecule has 0 bridgehead atoms. The molecule has 0 unspecified atom stereocenters.